The highest BCUT2D eigenvalue weighted by atomic mass is 35.5. The van der Waals surface area contributed by atoms with E-state index in [0.29, 0.717) is 36.3 Å². The maximum absolute atomic E-state index is 6.60. The Kier molecular flexibility index (Phi) is 6.41. The third-order valence-corrected chi connectivity index (χ3v) is 5.17. The van der Waals surface area contributed by atoms with Gasteiger partial charge in [0.1, 0.15) is 6.61 Å². The van der Waals surface area contributed by atoms with Crippen molar-refractivity contribution in [3.05, 3.63) is 101 Å². The van der Waals surface area contributed by atoms with Crippen molar-refractivity contribution in [3.63, 3.8) is 0 Å². The van der Waals surface area contributed by atoms with Gasteiger partial charge in [-0.25, -0.2) is 0 Å². The molecule has 0 aliphatic carbocycles. The summed E-state index contributed by atoms with van der Waals surface area (Å²) in [6, 6.07) is 28.5. The number of halogens is 1. The van der Waals surface area contributed by atoms with Crippen LogP contribution in [0.5, 0.6) is 11.5 Å². The molecule has 30 heavy (non-hydrogen) atoms. The molecule has 1 N–H and O–H groups in total. The van der Waals surface area contributed by atoms with E-state index < -0.39 is 0 Å². The summed E-state index contributed by atoms with van der Waals surface area (Å²) >= 11 is 6.60. The second-order valence-corrected chi connectivity index (χ2v) is 7.39. The summed E-state index contributed by atoms with van der Waals surface area (Å²) in [5, 5.41) is 6.32. The molecule has 152 valence electrons. The quantitative estimate of drug-likeness (QED) is 0.332. The van der Waals surface area contributed by atoms with Crippen molar-refractivity contribution in [1.29, 1.82) is 0 Å². The smallest absolute Gasteiger partial charge is 0.180 e. The summed E-state index contributed by atoms with van der Waals surface area (Å²) in [5.41, 5.74) is 3.20. The summed E-state index contributed by atoms with van der Waals surface area (Å²) in [7, 11) is 0. The molecule has 4 aromatic rings. The number of hydrogen-bond acceptors (Lipinski definition) is 3. The second kappa shape index (κ2) is 9.55. The maximum atomic E-state index is 6.60. The molecule has 4 heteroatoms. The summed E-state index contributed by atoms with van der Waals surface area (Å²) in [5.74, 6) is 1.24. The highest BCUT2D eigenvalue weighted by Gasteiger charge is 2.14. The van der Waals surface area contributed by atoms with Crippen LogP contribution in [0.3, 0.4) is 0 Å². The predicted octanol–water partition coefficient (Wildman–Crippen LogP) is 7.08. The van der Waals surface area contributed by atoms with E-state index >= 15 is 0 Å². The molecule has 0 fully saturated rings. The highest BCUT2D eigenvalue weighted by molar-refractivity contribution is 6.32. The van der Waals surface area contributed by atoms with Crippen LogP contribution in [-0.2, 0) is 13.2 Å². The minimum atomic E-state index is 0.419. The van der Waals surface area contributed by atoms with Gasteiger partial charge in [0.15, 0.2) is 11.5 Å². The Hall–Kier alpha value is -3.17. The van der Waals surface area contributed by atoms with Crippen LogP contribution >= 0.6 is 11.6 Å². The largest absolute Gasteiger partial charge is 0.490 e. The maximum Gasteiger partial charge on any atom is 0.180 e. The van der Waals surface area contributed by atoms with Gasteiger partial charge in [-0.1, -0.05) is 72.3 Å². The number of fused-ring (bicyclic) bond motifs is 1. The van der Waals surface area contributed by atoms with Crippen LogP contribution in [0.15, 0.2) is 84.9 Å². The van der Waals surface area contributed by atoms with Crippen LogP contribution in [-0.4, -0.2) is 6.61 Å². The molecule has 0 aromatic heterocycles. The molecule has 0 bridgehead atoms. The van der Waals surface area contributed by atoms with Gasteiger partial charge in [0, 0.05) is 12.2 Å². The Labute approximate surface area is 182 Å². The normalized spacial score (nSPS) is 10.7. The molecule has 4 rings (SSSR count). The van der Waals surface area contributed by atoms with E-state index in [1.54, 1.807) is 0 Å². The molecule has 0 heterocycles. The SMILES string of the molecule is CCOc1cc(CNc2ccccc2)cc(Cl)c1OCc1cccc2ccccc12. The molecule has 0 radical (unpaired) electrons. The first-order valence-corrected chi connectivity index (χ1v) is 10.5. The second-order valence-electron chi connectivity index (χ2n) is 6.98. The first-order valence-electron chi connectivity index (χ1n) is 10.1. The average molecular weight is 418 g/mol. The summed E-state index contributed by atoms with van der Waals surface area (Å²) < 4.78 is 12.0. The van der Waals surface area contributed by atoms with Crippen molar-refractivity contribution in [2.75, 3.05) is 11.9 Å². The van der Waals surface area contributed by atoms with E-state index in [4.69, 9.17) is 21.1 Å². The molecule has 0 saturated carbocycles. The van der Waals surface area contributed by atoms with Gasteiger partial charge in [0.05, 0.1) is 11.6 Å². The monoisotopic (exact) mass is 417 g/mol. The number of anilines is 1. The van der Waals surface area contributed by atoms with Crippen molar-refractivity contribution in [1.82, 2.24) is 0 Å². The van der Waals surface area contributed by atoms with Crippen LogP contribution in [0.25, 0.3) is 10.8 Å². The van der Waals surface area contributed by atoms with Gasteiger partial charge in [-0.15, -0.1) is 0 Å². The molecule has 0 spiro atoms. The number of para-hydroxylation sites is 1. The van der Waals surface area contributed by atoms with Gasteiger partial charge >= 0.3 is 0 Å². The number of ether oxygens (including phenoxy) is 2. The molecule has 0 atom stereocenters. The molecule has 0 unspecified atom stereocenters. The first kappa shape index (κ1) is 20.1. The average Bonchev–Trinajstić information content (AvgIpc) is 2.78. The van der Waals surface area contributed by atoms with Crippen LogP contribution < -0.4 is 14.8 Å². The minimum absolute atomic E-state index is 0.419. The Morgan fingerprint density at radius 2 is 1.60 bits per heavy atom. The standard InChI is InChI=1S/C26H24ClNO2/c1-2-29-25-16-19(17-28-22-12-4-3-5-13-22)15-24(27)26(25)30-18-21-11-8-10-20-9-6-7-14-23(20)21/h3-16,28H,2,17-18H2,1H3. The zero-order valence-corrected chi connectivity index (χ0v) is 17.7. The van der Waals surface area contributed by atoms with Crippen molar-refractivity contribution in [2.24, 2.45) is 0 Å². The highest BCUT2D eigenvalue weighted by Crippen LogP contribution is 2.38. The lowest BCUT2D eigenvalue weighted by molar-refractivity contribution is 0.270. The Bertz CT molecular complexity index is 1120. The van der Waals surface area contributed by atoms with E-state index in [1.165, 1.54) is 10.8 Å². The molecule has 0 aliphatic heterocycles. The summed E-state index contributed by atoms with van der Waals surface area (Å²) in [6.07, 6.45) is 0. The fourth-order valence-corrected chi connectivity index (χ4v) is 3.74. The number of benzene rings is 4. The van der Waals surface area contributed by atoms with Crippen LogP contribution in [0, 0.1) is 0 Å². The topological polar surface area (TPSA) is 30.5 Å². The molecule has 0 aliphatic rings. The lowest BCUT2D eigenvalue weighted by atomic mass is 10.1. The van der Waals surface area contributed by atoms with Crippen molar-refractivity contribution < 1.29 is 9.47 Å². The number of nitrogens with one attached hydrogen (secondary N) is 1. The van der Waals surface area contributed by atoms with Crippen LogP contribution in [0.1, 0.15) is 18.1 Å². The van der Waals surface area contributed by atoms with E-state index in [0.717, 1.165) is 16.8 Å². The van der Waals surface area contributed by atoms with Gasteiger partial charge < -0.3 is 14.8 Å². The molecule has 3 nitrogen and oxygen atoms in total. The zero-order valence-electron chi connectivity index (χ0n) is 16.9. The lowest BCUT2D eigenvalue weighted by Gasteiger charge is -2.16. The van der Waals surface area contributed by atoms with Crippen LogP contribution in [0.2, 0.25) is 5.02 Å². The molecule has 0 saturated heterocycles. The lowest BCUT2D eigenvalue weighted by Crippen LogP contribution is -2.04. The summed E-state index contributed by atoms with van der Waals surface area (Å²) in [6.45, 7) is 3.56. The fourth-order valence-electron chi connectivity index (χ4n) is 3.45. The molecule has 0 amide bonds. The first-order chi connectivity index (χ1) is 14.7. The van der Waals surface area contributed by atoms with Crippen molar-refractivity contribution in [2.45, 2.75) is 20.1 Å². The van der Waals surface area contributed by atoms with E-state index in [9.17, 15) is 0 Å². The van der Waals surface area contributed by atoms with Gasteiger partial charge in [-0.3, -0.25) is 0 Å². The van der Waals surface area contributed by atoms with Crippen molar-refractivity contribution >= 4 is 28.1 Å². The Balaban J connectivity index is 1.54. The molecule has 4 aromatic carbocycles. The molecular weight excluding hydrogens is 394 g/mol. The Morgan fingerprint density at radius 3 is 2.43 bits per heavy atom. The Morgan fingerprint density at radius 1 is 0.833 bits per heavy atom. The van der Waals surface area contributed by atoms with Crippen LogP contribution in [0.4, 0.5) is 5.69 Å². The van der Waals surface area contributed by atoms with Crippen molar-refractivity contribution in [3.8, 4) is 11.5 Å². The van der Waals surface area contributed by atoms with Gasteiger partial charge in [-0.2, -0.15) is 0 Å². The minimum Gasteiger partial charge on any atom is -0.490 e. The van der Waals surface area contributed by atoms with Gasteiger partial charge in [-0.05, 0) is 53.1 Å². The fraction of sp³-hybridized carbons (Fsp3) is 0.154. The van der Waals surface area contributed by atoms with Gasteiger partial charge in [0.25, 0.3) is 0 Å². The van der Waals surface area contributed by atoms with E-state index in [1.807, 2.05) is 67.6 Å². The molecular formula is C26H24ClNO2. The number of rotatable bonds is 8. The zero-order chi connectivity index (χ0) is 20.8. The number of hydrogen-bond donors (Lipinski definition) is 1. The van der Waals surface area contributed by atoms with E-state index in [2.05, 4.69) is 29.6 Å². The third-order valence-electron chi connectivity index (χ3n) is 4.89. The third kappa shape index (κ3) is 4.69. The summed E-state index contributed by atoms with van der Waals surface area (Å²) in [4.78, 5) is 0. The predicted molar refractivity (Wildman–Crippen MR) is 125 cm³/mol. The van der Waals surface area contributed by atoms with E-state index in [-0.39, 0.29) is 0 Å². The van der Waals surface area contributed by atoms with Gasteiger partial charge in [0.2, 0.25) is 0 Å².